The summed E-state index contributed by atoms with van der Waals surface area (Å²) in [6, 6.07) is 12.2. The molecule has 2 aromatic rings. The van der Waals surface area contributed by atoms with Crippen LogP contribution in [0.4, 0.5) is 5.69 Å². The Morgan fingerprint density at radius 3 is 2.44 bits per heavy atom. The third-order valence-corrected chi connectivity index (χ3v) is 8.05. The number of amides is 1. The number of ether oxygens (including phenoxy) is 2. The highest BCUT2D eigenvalue weighted by Gasteiger charge is 2.27. The molecule has 0 radical (unpaired) electrons. The summed E-state index contributed by atoms with van der Waals surface area (Å²) < 4.78 is 39.2. The molecule has 1 N–H and O–H groups in total. The Morgan fingerprint density at radius 2 is 1.82 bits per heavy atom. The second-order valence-corrected chi connectivity index (χ2v) is 10.4. The number of hydrogen-bond donors (Lipinski definition) is 1. The van der Waals surface area contributed by atoms with Gasteiger partial charge in [0.05, 0.1) is 30.9 Å². The highest BCUT2D eigenvalue weighted by molar-refractivity contribution is 7.92. The van der Waals surface area contributed by atoms with Gasteiger partial charge in [0, 0.05) is 38.6 Å². The molecule has 0 saturated carbocycles. The molecule has 34 heavy (non-hydrogen) atoms. The lowest BCUT2D eigenvalue weighted by atomic mass is 10.2. The van der Waals surface area contributed by atoms with Crippen molar-refractivity contribution in [2.75, 3.05) is 50.8 Å². The van der Waals surface area contributed by atoms with Crippen molar-refractivity contribution < 1.29 is 22.7 Å². The highest BCUT2D eigenvalue weighted by Crippen LogP contribution is 2.28. The molecular formula is C25H35N3O5S. The van der Waals surface area contributed by atoms with Crippen molar-refractivity contribution in [1.29, 1.82) is 0 Å². The predicted molar refractivity (Wildman–Crippen MR) is 133 cm³/mol. The van der Waals surface area contributed by atoms with Crippen molar-refractivity contribution in [3.05, 3.63) is 53.6 Å². The summed E-state index contributed by atoms with van der Waals surface area (Å²) in [6.07, 6.45) is 0.0476. The second kappa shape index (κ2) is 11.7. The van der Waals surface area contributed by atoms with E-state index in [9.17, 15) is 13.2 Å². The van der Waals surface area contributed by atoms with Gasteiger partial charge in [-0.15, -0.1) is 0 Å². The lowest BCUT2D eigenvalue weighted by Crippen LogP contribution is -2.47. The van der Waals surface area contributed by atoms with E-state index in [1.54, 1.807) is 50.4 Å². The summed E-state index contributed by atoms with van der Waals surface area (Å²) in [4.78, 5) is 15.2. The Hall–Kier alpha value is -2.62. The van der Waals surface area contributed by atoms with E-state index in [0.717, 1.165) is 18.7 Å². The van der Waals surface area contributed by atoms with Gasteiger partial charge in [0.2, 0.25) is 5.91 Å². The van der Waals surface area contributed by atoms with E-state index in [-0.39, 0.29) is 29.8 Å². The number of carbonyl (C=O) groups excluding carboxylic acids is 1. The number of benzene rings is 2. The summed E-state index contributed by atoms with van der Waals surface area (Å²) in [5.74, 6) is 0.442. The van der Waals surface area contributed by atoms with Crippen LogP contribution in [0.25, 0.3) is 0 Å². The number of hydrogen-bond acceptors (Lipinski definition) is 6. The van der Waals surface area contributed by atoms with Crippen molar-refractivity contribution in [2.24, 2.45) is 0 Å². The van der Waals surface area contributed by atoms with E-state index < -0.39 is 10.0 Å². The molecule has 186 valence electrons. The number of sulfonamides is 1. The van der Waals surface area contributed by atoms with E-state index in [2.05, 4.69) is 17.1 Å². The van der Waals surface area contributed by atoms with Gasteiger partial charge < -0.3 is 14.8 Å². The fraction of sp³-hybridized carbons (Fsp3) is 0.480. The van der Waals surface area contributed by atoms with Gasteiger partial charge in [-0.2, -0.15) is 0 Å². The van der Waals surface area contributed by atoms with Gasteiger partial charge in [0.25, 0.3) is 10.0 Å². The lowest BCUT2D eigenvalue weighted by Gasteiger charge is -2.32. The van der Waals surface area contributed by atoms with Crippen LogP contribution in [0.2, 0.25) is 0 Å². The summed E-state index contributed by atoms with van der Waals surface area (Å²) >= 11 is 0. The molecule has 1 aliphatic rings. The Balaban J connectivity index is 1.74. The first-order chi connectivity index (χ1) is 16.2. The SMILES string of the molecule is COc1ccc(N(CCC(=O)NCC(C)N2CCOCC2)S(=O)(=O)c2ccc(C)cc2C)cc1. The Bertz CT molecular complexity index is 1070. The van der Waals surface area contributed by atoms with Crippen LogP contribution in [-0.2, 0) is 19.6 Å². The second-order valence-electron chi connectivity index (χ2n) is 8.60. The zero-order chi connectivity index (χ0) is 24.7. The fourth-order valence-corrected chi connectivity index (χ4v) is 5.72. The number of methoxy groups -OCH3 is 1. The third kappa shape index (κ3) is 6.49. The molecule has 1 saturated heterocycles. The molecule has 0 spiro atoms. The number of morpholine rings is 1. The normalized spacial score (nSPS) is 15.5. The largest absolute Gasteiger partial charge is 0.497 e. The van der Waals surface area contributed by atoms with Crippen LogP contribution in [0.5, 0.6) is 5.75 Å². The van der Waals surface area contributed by atoms with Crippen LogP contribution >= 0.6 is 0 Å². The molecular weight excluding hydrogens is 454 g/mol. The molecule has 1 aliphatic heterocycles. The minimum Gasteiger partial charge on any atom is -0.497 e. The number of nitrogens with zero attached hydrogens (tertiary/aromatic N) is 2. The summed E-state index contributed by atoms with van der Waals surface area (Å²) in [5, 5.41) is 2.95. The minimum atomic E-state index is -3.87. The molecule has 1 unspecified atom stereocenters. The number of aryl methyl sites for hydroxylation is 2. The average molecular weight is 490 g/mol. The Kier molecular flexibility index (Phi) is 8.93. The molecule has 1 fully saturated rings. The molecule has 0 bridgehead atoms. The minimum absolute atomic E-state index is 0.0275. The summed E-state index contributed by atoms with van der Waals surface area (Å²) in [5.41, 5.74) is 2.14. The molecule has 1 amide bonds. The average Bonchev–Trinajstić information content (AvgIpc) is 2.83. The maximum absolute atomic E-state index is 13.6. The van der Waals surface area contributed by atoms with Crippen molar-refractivity contribution in [1.82, 2.24) is 10.2 Å². The van der Waals surface area contributed by atoms with E-state index in [0.29, 0.717) is 36.8 Å². The van der Waals surface area contributed by atoms with Gasteiger partial charge in [-0.3, -0.25) is 14.0 Å². The molecule has 3 rings (SSSR count). The van der Waals surface area contributed by atoms with Crippen LogP contribution < -0.4 is 14.4 Å². The first-order valence-corrected chi connectivity index (χ1v) is 13.0. The maximum Gasteiger partial charge on any atom is 0.264 e. The molecule has 1 atom stereocenters. The lowest BCUT2D eigenvalue weighted by molar-refractivity contribution is -0.121. The van der Waals surface area contributed by atoms with Crippen molar-refractivity contribution in [3.63, 3.8) is 0 Å². The van der Waals surface area contributed by atoms with Crippen molar-refractivity contribution in [3.8, 4) is 5.75 Å². The zero-order valence-corrected chi connectivity index (χ0v) is 21.2. The Morgan fingerprint density at radius 1 is 1.15 bits per heavy atom. The highest BCUT2D eigenvalue weighted by atomic mass is 32.2. The van der Waals surface area contributed by atoms with Gasteiger partial charge >= 0.3 is 0 Å². The predicted octanol–water partition coefficient (Wildman–Crippen LogP) is 2.73. The van der Waals surface area contributed by atoms with Gasteiger partial charge in [0.15, 0.2) is 0 Å². The van der Waals surface area contributed by atoms with Crippen LogP contribution in [0.15, 0.2) is 47.4 Å². The number of nitrogens with one attached hydrogen (secondary N) is 1. The van der Waals surface area contributed by atoms with Gasteiger partial charge in [-0.05, 0) is 56.7 Å². The topological polar surface area (TPSA) is 88.2 Å². The monoisotopic (exact) mass is 489 g/mol. The zero-order valence-electron chi connectivity index (χ0n) is 20.4. The van der Waals surface area contributed by atoms with Crippen LogP contribution in [-0.4, -0.2) is 71.8 Å². The fourth-order valence-electron chi connectivity index (χ4n) is 4.04. The molecule has 9 heteroatoms. The van der Waals surface area contributed by atoms with E-state index >= 15 is 0 Å². The smallest absolute Gasteiger partial charge is 0.264 e. The third-order valence-electron chi connectivity index (χ3n) is 6.06. The standard InChI is InChI=1S/C25H35N3O5S/c1-19-5-10-24(20(2)17-19)34(30,31)28(22-6-8-23(32-4)9-7-22)12-11-25(29)26-18-21(3)27-13-15-33-16-14-27/h5-10,17,21H,11-16,18H2,1-4H3,(H,26,29). The van der Waals surface area contributed by atoms with Gasteiger partial charge in [0.1, 0.15) is 5.75 Å². The van der Waals surface area contributed by atoms with Crippen molar-refractivity contribution >= 4 is 21.6 Å². The number of rotatable bonds is 10. The first kappa shape index (κ1) is 26.0. The first-order valence-electron chi connectivity index (χ1n) is 11.5. The molecule has 0 aliphatic carbocycles. The van der Waals surface area contributed by atoms with Gasteiger partial charge in [-0.25, -0.2) is 8.42 Å². The maximum atomic E-state index is 13.6. The van der Waals surface area contributed by atoms with E-state index in [4.69, 9.17) is 9.47 Å². The van der Waals surface area contributed by atoms with Crippen LogP contribution in [0, 0.1) is 13.8 Å². The number of anilines is 1. The number of carbonyl (C=O) groups is 1. The quantitative estimate of drug-likeness (QED) is 0.552. The molecule has 1 heterocycles. The summed E-state index contributed by atoms with van der Waals surface area (Å²) in [6.45, 7) is 9.40. The molecule has 0 aromatic heterocycles. The Labute approximate surface area is 202 Å². The van der Waals surface area contributed by atoms with E-state index in [1.807, 2.05) is 13.0 Å². The molecule has 2 aromatic carbocycles. The molecule has 8 nitrogen and oxygen atoms in total. The van der Waals surface area contributed by atoms with Gasteiger partial charge in [-0.1, -0.05) is 17.7 Å². The van der Waals surface area contributed by atoms with Crippen LogP contribution in [0.3, 0.4) is 0 Å². The van der Waals surface area contributed by atoms with Crippen molar-refractivity contribution in [2.45, 2.75) is 38.1 Å². The summed E-state index contributed by atoms with van der Waals surface area (Å²) in [7, 11) is -2.32. The van der Waals surface area contributed by atoms with E-state index in [1.165, 1.54) is 4.31 Å². The van der Waals surface area contributed by atoms with Crippen LogP contribution in [0.1, 0.15) is 24.5 Å².